The molecule has 0 aliphatic heterocycles. The molecule has 0 amide bonds. The predicted molar refractivity (Wildman–Crippen MR) is 68.3 cm³/mol. The maximum atomic E-state index is 10.8. The Bertz CT molecular complexity index is 262. The molecular weight excluding hydrogens is 234 g/mol. The van der Waals surface area contributed by atoms with Crippen LogP contribution in [0.15, 0.2) is 0 Å². The van der Waals surface area contributed by atoms with Crippen LogP contribution in [-0.2, 0) is 4.79 Å². The SMILES string of the molecule is CCCC(O)CNCC1(O)CCC(C(=O)O)CC1. The first-order valence-electron chi connectivity index (χ1n) is 6.81. The van der Waals surface area contributed by atoms with Gasteiger partial charge < -0.3 is 20.6 Å². The quantitative estimate of drug-likeness (QED) is 0.541. The molecule has 1 rings (SSSR count). The van der Waals surface area contributed by atoms with Gasteiger partial charge in [0.05, 0.1) is 17.6 Å². The average molecular weight is 259 g/mol. The summed E-state index contributed by atoms with van der Waals surface area (Å²) in [6, 6.07) is 0. The van der Waals surface area contributed by atoms with Crippen LogP contribution in [-0.4, -0.2) is 46.1 Å². The molecule has 5 nitrogen and oxygen atoms in total. The molecule has 106 valence electrons. The van der Waals surface area contributed by atoms with Crippen molar-refractivity contribution in [1.29, 1.82) is 0 Å². The van der Waals surface area contributed by atoms with Gasteiger partial charge in [0, 0.05) is 13.1 Å². The van der Waals surface area contributed by atoms with E-state index in [-0.39, 0.29) is 12.0 Å². The van der Waals surface area contributed by atoms with Crippen molar-refractivity contribution < 1.29 is 20.1 Å². The fourth-order valence-electron chi connectivity index (χ4n) is 2.49. The zero-order chi connectivity index (χ0) is 13.6. The molecule has 0 aromatic carbocycles. The Hall–Kier alpha value is -0.650. The summed E-state index contributed by atoms with van der Waals surface area (Å²) in [7, 11) is 0. The summed E-state index contributed by atoms with van der Waals surface area (Å²) in [5, 5.41) is 31.8. The summed E-state index contributed by atoms with van der Waals surface area (Å²) in [5.41, 5.74) is -0.808. The number of aliphatic hydroxyl groups excluding tert-OH is 1. The van der Waals surface area contributed by atoms with Crippen LogP contribution in [0, 0.1) is 5.92 Å². The highest BCUT2D eigenvalue weighted by Gasteiger charge is 2.35. The molecule has 4 N–H and O–H groups in total. The van der Waals surface area contributed by atoms with Gasteiger partial charge in [-0.15, -0.1) is 0 Å². The fraction of sp³-hybridized carbons (Fsp3) is 0.923. The summed E-state index contributed by atoms with van der Waals surface area (Å²) in [4.78, 5) is 10.8. The topological polar surface area (TPSA) is 89.8 Å². The summed E-state index contributed by atoms with van der Waals surface area (Å²) < 4.78 is 0. The smallest absolute Gasteiger partial charge is 0.306 e. The summed E-state index contributed by atoms with van der Waals surface area (Å²) in [6.45, 7) is 2.93. The van der Waals surface area contributed by atoms with Crippen LogP contribution in [0.3, 0.4) is 0 Å². The second kappa shape index (κ2) is 7.07. The van der Waals surface area contributed by atoms with Gasteiger partial charge in [-0.2, -0.15) is 0 Å². The van der Waals surface area contributed by atoms with Crippen molar-refractivity contribution in [3.05, 3.63) is 0 Å². The highest BCUT2D eigenvalue weighted by Crippen LogP contribution is 2.31. The minimum atomic E-state index is -0.808. The third-order valence-corrected chi connectivity index (χ3v) is 3.72. The molecule has 0 heterocycles. The number of rotatable bonds is 7. The van der Waals surface area contributed by atoms with Gasteiger partial charge in [-0.25, -0.2) is 0 Å². The van der Waals surface area contributed by atoms with Gasteiger partial charge in [-0.05, 0) is 32.1 Å². The van der Waals surface area contributed by atoms with E-state index in [1.807, 2.05) is 6.92 Å². The Morgan fingerprint density at radius 2 is 2.06 bits per heavy atom. The predicted octanol–water partition coefficient (Wildman–Crippen LogP) is 0.743. The van der Waals surface area contributed by atoms with Gasteiger partial charge in [-0.3, -0.25) is 4.79 Å². The summed E-state index contributed by atoms with van der Waals surface area (Å²) in [6.07, 6.45) is 3.42. The molecule has 1 aliphatic rings. The number of hydrogen-bond acceptors (Lipinski definition) is 4. The molecule has 18 heavy (non-hydrogen) atoms. The summed E-state index contributed by atoms with van der Waals surface area (Å²) in [5.74, 6) is -1.07. The van der Waals surface area contributed by atoms with Crippen LogP contribution in [0.1, 0.15) is 45.4 Å². The van der Waals surface area contributed by atoms with Crippen LogP contribution < -0.4 is 5.32 Å². The molecule has 0 aromatic rings. The lowest BCUT2D eigenvalue weighted by Gasteiger charge is -2.35. The normalized spacial score (nSPS) is 30.1. The Labute approximate surface area is 108 Å². The number of carboxylic acids is 1. The van der Waals surface area contributed by atoms with Crippen molar-refractivity contribution in [2.75, 3.05) is 13.1 Å². The van der Waals surface area contributed by atoms with E-state index >= 15 is 0 Å². The minimum Gasteiger partial charge on any atom is -0.481 e. The van der Waals surface area contributed by atoms with Crippen LogP contribution in [0.2, 0.25) is 0 Å². The maximum Gasteiger partial charge on any atom is 0.306 e. The van der Waals surface area contributed by atoms with Gasteiger partial charge in [0.2, 0.25) is 0 Å². The first-order valence-corrected chi connectivity index (χ1v) is 6.81. The molecule has 1 fully saturated rings. The number of aliphatic hydroxyl groups is 2. The third-order valence-electron chi connectivity index (χ3n) is 3.72. The Morgan fingerprint density at radius 3 is 2.56 bits per heavy atom. The molecular formula is C13H25NO4. The highest BCUT2D eigenvalue weighted by molar-refractivity contribution is 5.70. The van der Waals surface area contributed by atoms with E-state index in [0.29, 0.717) is 38.8 Å². The van der Waals surface area contributed by atoms with E-state index < -0.39 is 11.6 Å². The molecule has 0 saturated heterocycles. The monoisotopic (exact) mass is 259 g/mol. The molecule has 5 heteroatoms. The summed E-state index contributed by atoms with van der Waals surface area (Å²) >= 11 is 0. The molecule has 1 atom stereocenters. The van der Waals surface area contributed by atoms with Crippen molar-refractivity contribution in [3.8, 4) is 0 Å². The second-order valence-electron chi connectivity index (χ2n) is 5.41. The van der Waals surface area contributed by atoms with Crippen LogP contribution >= 0.6 is 0 Å². The van der Waals surface area contributed by atoms with E-state index in [1.165, 1.54) is 0 Å². The van der Waals surface area contributed by atoms with E-state index in [1.54, 1.807) is 0 Å². The van der Waals surface area contributed by atoms with Crippen LogP contribution in [0.25, 0.3) is 0 Å². The minimum absolute atomic E-state index is 0.309. The zero-order valence-electron chi connectivity index (χ0n) is 11.1. The molecule has 0 spiro atoms. The zero-order valence-corrected chi connectivity index (χ0v) is 11.1. The van der Waals surface area contributed by atoms with Gasteiger partial charge in [0.1, 0.15) is 0 Å². The van der Waals surface area contributed by atoms with E-state index in [0.717, 1.165) is 12.8 Å². The Morgan fingerprint density at radius 1 is 1.44 bits per heavy atom. The van der Waals surface area contributed by atoms with E-state index in [9.17, 15) is 15.0 Å². The van der Waals surface area contributed by atoms with Gasteiger partial charge in [0.25, 0.3) is 0 Å². The highest BCUT2D eigenvalue weighted by atomic mass is 16.4. The van der Waals surface area contributed by atoms with Crippen molar-refractivity contribution in [1.82, 2.24) is 5.32 Å². The lowest BCUT2D eigenvalue weighted by Crippen LogP contribution is -2.46. The largest absolute Gasteiger partial charge is 0.481 e. The van der Waals surface area contributed by atoms with Crippen molar-refractivity contribution in [2.24, 2.45) is 5.92 Å². The second-order valence-corrected chi connectivity index (χ2v) is 5.41. The van der Waals surface area contributed by atoms with Crippen molar-refractivity contribution in [3.63, 3.8) is 0 Å². The lowest BCUT2D eigenvalue weighted by molar-refractivity contribution is -0.144. The molecule has 0 bridgehead atoms. The van der Waals surface area contributed by atoms with Gasteiger partial charge in [-0.1, -0.05) is 13.3 Å². The first-order chi connectivity index (χ1) is 8.47. The third kappa shape index (κ3) is 4.92. The number of hydrogen-bond donors (Lipinski definition) is 4. The molecule has 1 unspecified atom stereocenters. The van der Waals surface area contributed by atoms with Crippen molar-refractivity contribution in [2.45, 2.75) is 57.2 Å². The number of carbonyl (C=O) groups is 1. The van der Waals surface area contributed by atoms with E-state index in [2.05, 4.69) is 5.32 Å². The number of carboxylic acid groups (broad SMARTS) is 1. The Kier molecular flexibility index (Phi) is 6.05. The van der Waals surface area contributed by atoms with Crippen molar-refractivity contribution >= 4 is 5.97 Å². The van der Waals surface area contributed by atoms with Gasteiger partial charge >= 0.3 is 5.97 Å². The maximum absolute atomic E-state index is 10.8. The molecule has 0 radical (unpaired) electrons. The van der Waals surface area contributed by atoms with Crippen LogP contribution in [0.4, 0.5) is 0 Å². The number of aliphatic carboxylic acids is 1. The number of nitrogens with one attached hydrogen (secondary N) is 1. The molecule has 0 aromatic heterocycles. The van der Waals surface area contributed by atoms with Gasteiger partial charge in [0.15, 0.2) is 0 Å². The molecule has 1 aliphatic carbocycles. The van der Waals surface area contributed by atoms with E-state index in [4.69, 9.17) is 5.11 Å². The van der Waals surface area contributed by atoms with Crippen LogP contribution in [0.5, 0.6) is 0 Å². The standard InChI is InChI=1S/C13H25NO4/c1-2-3-11(15)8-14-9-13(18)6-4-10(5-7-13)12(16)17/h10-11,14-15,18H,2-9H2,1H3,(H,16,17). The average Bonchev–Trinajstić information content (AvgIpc) is 2.29. The molecule has 1 saturated carbocycles. The fourth-order valence-corrected chi connectivity index (χ4v) is 2.49. The Balaban J connectivity index is 2.24. The lowest BCUT2D eigenvalue weighted by atomic mass is 9.79. The first kappa shape index (κ1) is 15.4.